The molecule has 2 rings (SSSR count). The maximum absolute atomic E-state index is 4.38. The summed E-state index contributed by atoms with van der Waals surface area (Å²) < 4.78 is 2.33. The fourth-order valence-corrected chi connectivity index (χ4v) is 2.89. The van der Waals surface area contributed by atoms with Crippen LogP contribution in [0, 0.1) is 0 Å². The smallest absolute Gasteiger partial charge is 0.149 e. The lowest BCUT2D eigenvalue weighted by molar-refractivity contribution is 0.503. The van der Waals surface area contributed by atoms with E-state index in [0.717, 1.165) is 25.3 Å². The van der Waals surface area contributed by atoms with Crippen LogP contribution in [0.3, 0.4) is 0 Å². The molecular formula is C13H24N4S. The van der Waals surface area contributed by atoms with Crippen molar-refractivity contribution in [3.8, 4) is 0 Å². The van der Waals surface area contributed by atoms with Gasteiger partial charge in [-0.2, -0.15) is 11.8 Å². The molecule has 1 unspecified atom stereocenters. The quantitative estimate of drug-likeness (QED) is 0.805. The monoisotopic (exact) mass is 268 g/mol. The van der Waals surface area contributed by atoms with Gasteiger partial charge < -0.3 is 9.88 Å². The molecule has 1 aromatic heterocycles. The molecule has 0 fully saturated rings. The van der Waals surface area contributed by atoms with E-state index in [9.17, 15) is 0 Å². The summed E-state index contributed by atoms with van der Waals surface area (Å²) in [6.45, 7) is 4.35. The number of fused-ring (bicyclic) bond motifs is 1. The van der Waals surface area contributed by atoms with Crippen molar-refractivity contribution in [1.29, 1.82) is 0 Å². The zero-order valence-electron chi connectivity index (χ0n) is 11.5. The Labute approximate surface area is 114 Å². The first-order chi connectivity index (χ1) is 8.83. The maximum Gasteiger partial charge on any atom is 0.149 e. The molecule has 0 saturated carbocycles. The summed E-state index contributed by atoms with van der Waals surface area (Å²) in [6.07, 6.45) is 8.30. The number of thioether (sulfide) groups is 1. The standard InChI is InChI=1S/C13H24N4S/c1-11(14-8-6-10-18-2)13-16-15-12-7-4-3-5-9-17(12)13/h11,14H,3-10H2,1-2H3. The van der Waals surface area contributed by atoms with Crippen molar-refractivity contribution in [2.24, 2.45) is 0 Å². The van der Waals surface area contributed by atoms with Crippen LogP contribution in [-0.4, -0.2) is 33.3 Å². The highest BCUT2D eigenvalue weighted by molar-refractivity contribution is 7.98. The largest absolute Gasteiger partial charge is 0.314 e. The van der Waals surface area contributed by atoms with Gasteiger partial charge in [-0.25, -0.2) is 0 Å². The van der Waals surface area contributed by atoms with Gasteiger partial charge >= 0.3 is 0 Å². The van der Waals surface area contributed by atoms with Gasteiger partial charge in [0.05, 0.1) is 6.04 Å². The van der Waals surface area contributed by atoms with Crippen LogP contribution in [0.4, 0.5) is 0 Å². The topological polar surface area (TPSA) is 42.7 Å². The molecular weight excluding hydrogens is 244 g/mol. The van der Waals surface area contributed by atoms with Gasteiger partial charge in [0.1, 0.15) is 11.6 Å². The minimum atomic E-state index is 0.311. The van der Waals surface area contributed by atoms with Crippen LogP contribution < -0.4 is 5.32 Å². The zero-order valence-corrected chi connectivity index (χ0v) is 12.3. The molecule has 18 heavy (non-hydrogen) atoms. The first kappa shape index (κ1) is 13.9. The summed E-state index contributed by atoms with van der Waals surface area (Å²) in [5.41, 5.74) is 0. The highest BCUT2D eigenvalue weighted by Gasteiger charge is 2.18. The SMILES string of the molecule is CSCCCNC(C)c1nnc2n1CCCCC2. The van der Waals surface area contributed by atoms with E-state index in [1.54, 1.807) is 0 Å². The minimum absolute atomic E-state index is 0.311. The third-order valence-electron chi connectivity index (χ3n) is 3.50. The molecule has 0 spiro atoms. The predicted octanol–water partition coefficient (Wildman–Crippen LogP) is 2.41. The van der Waals surface area contributed by atoms with E-state index in [4.69, 9.17) is 0 Å². The van der Waals surface area contributed by atoms with Gasteiger partial charge in [0.15, 0.2) is 0 Å². The molecule has 1 aliphatic rings. The summed E-state index contributed by atoms with van der Waals surface area (Å²) in [6, 6.07) is 0.311. The highest BCUT2D eigenvalue weighted by atomic mass is 32.2. The third-order valence-corrected chi connectivity index (χ3v) is 4.20. The predicted molar refractivity (Wildman–Crippen MR) is 77.0 cm³/mol. The Hall–Kier alpha value is -0.550. The van der Waals surface area contributed by atoms with Crippen LogP contribution in [0.2, 0.25) is 0 Å². The number of hydrogen-bond donors (Lipinski definition) is 1. The molecule has 0 aromatic carbocycles. The van der Waals surface area contributed by atoms with Gasteiger partial charge in [0.2, 0.25) is 0 Å². The molecule has 0 bridgehead atoms. The van der Waals surface area contributed by atoms with Crippen LogP contribution in [0.1, 0.15) is 50.3 Å². The minimum Gasteiger partial charge on any atom is -0.314 e. The van der Waals surface area contributed by atoms with E-state index in [1.165, 1.54) is 37.3 Å². The Morgan fingerprint density at radius 3 is 3.06 bits per heavy atom. The molecule has 5 heteroatoms. The first-order valence-corrected chi connectivity index (χ1v) is 8.36. The van der Waals surface area contributed by atoms with Crippen LogP contribution in [-0.2, 0) is 13.0 Å². The molecule has 1 aromatic rings. The van der Waals surface area contributed by atoms with Gasteiger partial charge in [-0.05, 0) is 44.7 Å². The second-order valence-electron chi connectivity index (χ2n) is 4.96. The fourth-order valence-electron chi connectivity index (χ4n) is 2.45. The molecule has 1 aliphatic heterocycles. The summed E-state index contributed by atoms with van der Waals surface area (Å²) in [5, 5.41) is 12.3. The van der Waals surface area contributed by atoms with Crippen LogP contribution in [0.15, 0.2) is 0 Å². The Balaban J connectivity index is 1.93. The number of nitrogens with zero attached hydrogens (tertiary/aromatic N) is 3. The molecule has 0 saturated heterocycles. The second-order valence-corrected chi connectivity index (χ2v) is 5.94. The van der Waals surface area contributed by atoms with Gasteiger partial charge in [-0.3, -0.25) is 0 Å². The third kappa shape index (κ3) is 3.48. The van der Waals surface area contributed by atoms with Gasteiger partial charge in [-0.15, -0.1) is 10.2 Å². The Morgan fingerprint density at radius 2 is 2.22 bits per heavy atom. The molecule has 102 valence electrons. The van der Waals surface area contributed by atoms with E-state index < -0.39 is 0 Å². The fraction of sp³-hybridized carbons (Fsp3) is 0.846. The lowest BCUT2D eigenvalue weighted by atomic mass is 10.2. The summed E-state index contributed by atoms with van der Waals surface area (Å²) in [5.74, 6) is 3.52. The Kier molecular flexibility index (Phi) is 5.50. The molecule has 0 radical (unpaired) electrons. The number of aromatic nitrogens is 3. The van der Waals surface area contributed by atoms with E-state index in [-0.39, 0.29) is 0 Å². The number of hydrogen-bond acceptors (Lipinski definition) is 4. The van der Waals surface area contributed by atoms with Crippen LogP contribution >= 0.6 is 11.8 Å². The van der Waals surface area contributed by atoms with Crippen molar-refractivity contribution in [2.75, 3.05) is 18.6 Å². The highest BCUT2D eigenvalue weighted by Crippen LogP contribution is 2.18. The maximum atomic E-state index is 4.38. The van der Waals surface area contributed by atoms with Crippen molar-refractivity contribution in [1.82, 2.24) is 20.1 Å². The molecule has 2 heterocycles. The molecule has 0 aliphatic carbocycles. The summed E-state index contributed by atoms with van der Waals surface area (Å²) in [7, 11) is 0. The van der Waals surface area contributed by atoms with Gasteiger partial charge in [0.25, 0.3) is 0 Å². The van der Waals surface area contributed by atoms with E-state index >= 15 is 0 Å². The van der Waals surface area contributed by atoms with E-state index in [2.05, 4.69) is 33.3 Å². The lowest BCUT2D eigenvalue weighted by Gasteiger charge is -2.15. The van der Waals surface area contributed by atoms with Gasteiger partial charge in [-0.1, -0.05) is 6.42 Å². The van der Waals surface area contributed by atoms with E-state index in [0.29, 0.717) is 6.04 Å². The Morgan fingerprint density at radius 1 is 1.33 bits per heavy atom. The Bertz CT molecular complexity index is 364. The zero-order chi connectivity index (χ0) is 12.8. The number of nitrogens with one attached hydrogen (secondary N) is 1. The molecule has 0 amide bonds. The molecule has 4 nitrogen and oxygen atoms in total. The number of aryl methyl sites for hydroxylation is 1. The molecule has 1 atom stereocenters. The first-order valence-electron chi connectivity index (χ1n) is 6.97. The van der Waals surface area contributed by atoms with Crippen LogP contribution in [0.25, 0.3) is 0 Å². The second kappa shape index (κ2) is 7.14. The average Bonchev–Trinajstić information content (AvgIpc) is 2.64. The lowest BCUT2D eigenvalue weighted by Crippen LogP contribution is -2.24. The van der Waals surface area contributed by atoms with Gasteiger partial charge in [0, 0.05) is 13.0 Å². The summed E-state index contributed by atoms with van der Waals surface area (Å²) >= 11 is 1.90. The van der Waals surface area contributed by atoms with Crippen molar-refractivity contribution in [3.63, 3.8) is 0 Å². The normalized spacial score (nSPS) is 17.2. The van der Waals surface area contributed by atoms with E-state index in [1.807, 2.05) is 11.8 Å². The van der Waals surface area contributed by atoms with Crippen molar-refractivity contribution >= 4 is 11.8 Å². The van der Waals surface area contributed by atoms with Crippen molar-refractivity contribution < 1.29 is 0 Å². The van der Waals surface area contributed by atoms with Crippen molar-refractivity contribution in [2.45, 2.75) is 51.6 Å². The van der Waals surface area contributed by atoms with Crippen molar-refractivity contribution in [3.05, 3.63) is 11.6 Å². The molecule has 1 N–H and O–H groups in total. The van der Waals surface area contributed by atoms with Crippen LogP contribution in [0.5, 0.6) is 0 Å². The average molecular weight is 268 g/mol. The summed E-state index contributed by atoms with van der Waals surface area (Å²) in [4.78, 5) is 0. The number of rotatable bonds is 6.